The van der Waals surface area contributed by atoms with E-state index in [1.807, 2.05) is 78.9 Å². The third-order valence-electron chi connectivity index (χ3n) is 7.35. The summed E-state index contributed by atoms with van der Waals surface area (Å²) in [6.07, 6.45) is 1.67. The summed E-state index contributed by atoms with van der Waals surface area (Å²) in [6.45, 7) is 0. The van der Waals surface area contributed by atoms with Gasteiger partial charge < -0.3 is 14.4 Å². The molecule has 0 saturated heterocycles. The van der Waals surface area contributed by atoms with Gasteiger partial charge in [-0.05, 0) is 48.0 Å². The number of aromatic nitrogens is 5. The molecule has 0 saturated carbocycles. The molecule has 0 bridgehead atoms. The number of aromatic amines is 2. The van der Waals surface area contributed by atoms with Crippen molar-refractivity contribution in [2.75, 3.05) is 0 Å². The largest absolute Gasteiger partial charge is 0.387 e. The van der Waals surface area contributed by atoms with Gasteiger partial charge in [-0.1, -0.05) is 81.9 Å². The van der Waals surface area contributed by atoms with Crippen LogP contribution in [-0.4, -0.2) is 30.9 Å². The van der Waals surface area contributed by atoms with Crippen LogP contribution in [0, 0.1) is 0 Å². The van der Waals surface area contributed by atoms with Crippen LogP contribution >= 0.6 is 23.2 Å². The smallest absolute Gasteiger partial charge is 0.343 e. The van der Waals surface area contributed by atoms with E-state index in [1.54, 1.807) is 18.3 Å². The number of benzene rings is 4. The summed E-state index contributed by atoms with van der Waals surface area (Å²) in [4.78, 5) is 25.3. The number of H-pyrrole nitrogens is 2. The van der Waals surface area contributed by atoms with Gasteiger partial charge in [-0.2, -0.15) is 0 Å². The number of hydrogen-bond donors (Lipinski definition) is 2. The van der Waals surface area contributed by atoms with Crippen LogP contribution < -0.4 is 5.56 Å². The molecule has 4 aromatic carbocycles. The number of aliphatic imine (C=N–C) groups is 1. The number of nitrogens with zero attached hydrogens (tertiary/aromatic N) is 4. The van der Waals surface area contributed by atoms with Crippen molar-refractivity contribution in [2.45, 2.75) is 0 Å². The molecule has 0 aliphatic carbocycles. The van der Waals surface area contributed by atoms with Crippen LogP contribution in [0.2, 0.25) is 10.0 Å². The Hall–Kier alpha value is -5.18. The molecular weight excluding hydrogens is 571 g/mol. The number of hydrogen-bond acceptors (Lipinski definition) is 5. The number of pyridine rings is 1. The molecule has 0 atom stereocenters. The zero-order chi connectivity index (χ0) is 28.4. The van der Waals surface area contributed by atoms with Gasteiger partial charge in [0.25, 0.3) is 5.56 Å². The normalized spacial score (nSPS) is 12.0. The van der Waals surface area contributed by atoms with Crippen molar-refractivity contribution in [1.82, 2.24) is 24.7 Å². The Kier molecular flexibility index (Phi) is 5.53. The molecule has 10 heteroatoms. The molecule has 4 aromatic heterocycles. The van der Waals surface area contributed by atoms with Crippen LogP contribution in [0.5, 0.6) is 0 Å². The number of nitrogens with one attached hydrogen (secondary N) is 2. The minimum Gasteiger partial charge on any atom is -0.387 e. The first-order chi connectivity index (χ1) is 20.5. The number of halogens is 2. The molecule has 8 aromatic rings. The predicted octanol–water partition coefficient (Wildman–Crippen LogP) is 8.21. The molecule has 202 valence electrons. The maximum Gasteiger partial charge on any atom is 0.343 e. The van der Waals surface area contributed by atoms with Gasteiger partial charge in [0.1, 0.15) is 0 Å². The molecule has 8 rings (SSSR count). The highest BCUT2D eigenvalue weighted by atomic mass is 35.5. The lowest BCUT2D eigenvalue weighted by Crippen LogP contribution is -2.19. The zero-order valence-electron chi connectivity index (χ0n) is 21.6. The van der Waals surface area contributed by atoms with Crippen LogP contribution in [-0.2, 0) is 0 Å². The molecule has 2 N–H and O–H groups in total. The first kappa shape index (κ1) is 24.6. The third-order valence-corrected chi connectivity index (χ3v) is 7.82. The molecule has 0 unspecified atom stereocenters. The number of fused-ring (bicyclic) bond motifs is 6. The summed E-state index contributed by atoms with van der Waals surface area (Å²) < 4.78 is 7.41. The van der Waals surface area contributed by atoms with E-state index in [2.05, 4.69) is 25.2 Å². The van der Waals surface area contributed by atoms with Gasteiger partial charge in [-0.15, -0.1) is 0 Å². The second kappa shape index (κ2) is 9.44. The van der Waals surface area contributed by atoms with Crippen LogP contribution in [0.15, 0.2) is 105 Å². The Morgan fingerprint density at radius 3 is 2.24 bits per heavy atom. The first-order valence-corrected chi connectivity index (χ1v) is 13.8. The minimum absolute atomic E-state index is 0.00553. The minimum atomic E-state index is -0.296. The summed E-state index contributed by atoms with van der Waals surface area (Å²) in [6, 6.07) is 28.4. The van der Waals surface area contributed by atoms with Crippen molar-refractivity contribution in [3.63, 3.8) is 0 Å². The molecule has 42 heavy (non-hydrogen) atoms. The van der Waals surface area contributed by atoms with E-state index >= 15 is 0 Å². The van der Waals surface area contributed by atoms with Crippen molar-refractivity contribution < 1.29 is 4.42 Å². The molecule has 0 radical (unpaired) electrons. The van der Waals surface area contributed by atoms with Crippen molar-refractivity contribution in [1.29, 1.82) is 0 Å². The van der Waals surface area contributed by atoms with Gasteiger partial charge >= 0.3 is 12.0 Å². The highest BCUT2D eigenvalue weighted by molar-refractivity contribution is 6.32. The van der Waals surface area contributed by atoms with Crippen molar-refractivity contribution in [3.8, 4) is 17.3 Å². The SMILES string of the molecule is O=c1c2ccccc2c2[nH]c3ccc(Cl)cc3c2n1-c1nnc(N=Cc2c(-c3ccccc3)[nH]c3ccc(Cl)cc23)o1. The lowest BCUT2D eigenvalue weighted by molar-refractivity contribution is 0.536. The first-order valence-electron chi connectivity index (χ1n) is 13.0. The number of rotatable bonds is 4. The molecule has 0 aliphatic rings. The summed E-state index contributed by atoms with van der Waals surface area (Å²) in [5.74, 6) is 0. The average molecular weight is 589 g/mol. The van der Waals surface area contributed by atoms with Crippen molar-refractivity contribution in [3.05, 3.63) is 117 Å². The van der Waals surface area contributed by atoms with E-state index in [0.717, 1.165) is 49.5 Å². The van der Waals surface area contributed by atoms with Gasteiger partial charge in [0.15, 0.2) is 0 Å². The highest BCUT2D eigenvalue weighted by Gasteiger charge is 2.21. The fraction of sp³-hybridized carbons (Fsp3) is 0. The quantitative estimate of drug-likeness (QED) is 0.202. The Balaban J connectivity index is 1.30. The summed E-state index contributed by atoms with van der Waals surface area (Å²) in [5.41, 5.74) is 5.46. The molecule has 0 fully saturated rings. The lowest BCUT2D eigenvalue weighted by Gasteiger charge is -2.06. The Morgan fingerprint density at radius 1 is 0.762 bits per heavy atom. The van der Waals surface area contributed by atoms with Gasteiger partial charge in [-0.3, -0.25) is 4.79 Å². The molecule has 8 nitrogen and oxygen atoms in total. The second-order valence-corrected chi connectivity index (χ2v) is 10.7. The van der Waals surface area contributed by atoms with Gasteiger partial charge in [0.2, 0.25) is 0 Å². The van der Waals surface area contributed by atoms with Crippen LogP contribution in [0.3, 0.4) is 0 Å². The predicted molar refractivity (Wildman–Crippen MR) is 168 cm³/mol. The summed E-state index contributed by atoms with van der Waals surface area (Å²) >= 11 is 12.7. The Morgan fingerprint density at radius 2 is 1.45 bits per heavy atom. The highest BCUT2D eigenvalue weighted by Crippen LogP contribution is 2.34. The van der Waals surface area contributed by atoms with Gasteiger partial charge in [0, 0.05) is 54.4 Å². The Labute approximate surface area is 246 Å². The van der Waals surface area contributed by atoms with Crippen molar-refractivity contribution in [2.24, 2.45) is 4.99 Å². The average Bonchev–Trinajstić information content (AvgIpc) is 3.73. The van der Waals surface area contributed by atoms with E-state index in [-0.39, 0.29) is 17.6 Å². The van der Waals surface area contributed by atoms with E-state index in [0.29, 0.717) is 20.9 Å². The lowest BCUT2D eigenvalue weighted by atomic mass is 10.1. The molecule has 0 spiro atoms. The van der Waals surface area contributed by atoms with Gasteiger partial charge in [-0.25, -0.2) is 9.56 Å². The van der Waals surface area contributed by atoms with Gasteiger partial charge in [0.05, 0.1) is 16.7 Å². The van der Waals surface area contributed by atoms with Crippen molar-refractivity contribution >= 4 is 79.0 Å². The van der Waals surface area contributed by atoms with Crippen LogP contribution in [0.1, 0.15) is 5.56 Å². The van der Waals surface area contributed by atoms with Crippen LogP contribution in [0.4, 0.5) is 6.01 Å². The maximum absolute atomic E-state index is 13.8. The summed E-state index contributed by atoms with van der Waals surface area (Å²) in [5, 5.41) is 12.5. The second-order valence-electron chi connectivity index (χ2n) is 9.82. The summed E-state index contributed by atoms with van der Waals surface area (Å²) in [7, 11) is 0. The standard InChI is InChI=1S/C32H18Cl2N6O2/c33-18-10-12-25-22(14-18)24(27(36-25)17-6-2-1-3-7-17)16-35-31-38-39-32(42-31)40-29-23-15-19(34)11-13-26(23)37-28(29)20-8-4-5-9-21(20)30(40)41/h1-16,36-37H. The fourth-order valence-corrected chi connectivity index (χ4v) is 5.84. The fourth-order valence-electron chi connectivity index (χ4n) is 5.49. The molecular formula is C32H18Cl2N6O2. The van der Waals surface area contributed by atoms with Crippen LogP contribution in [0.25, 0.3) is 60.9 Å². The van der Waals surface area contributed by atoms with E-state index < -0.39 is 0 Å². The van der Waals surface area contributed by atoms with E-state index in [9.17, 15) is 4.79 Å². The zero-order valence-corrected chi connectivity index (χ0v) is 23.1. The maximum atomic E-state index is 13.8. The molecule has 0 amide bonds. The monoisotopic (exact) mass is 588 g/mol. The Bertz CT molecular complexity index is 2420. The molecule has 0 aliphatic heterocycles. The topological polar surface area (TPSA) is 105 Å². The molecule has 4 heterocycles. The van der Waals surface area contributed by atoms with E-state index in [4.69, 9.17) is 27.6 Å². The third kappa shape index (κ3) is 3.84. The van der Waals surface area contributed by atoms with E-state index in [1.165, 1.54) is 4.57 Å².